The van der Waals surface area contributed by atoms with Crippen LogP contribution in [0.2, 0.25) is 0 Å². The summed E-state index contributed by atoms with van der Waals surface area (Å²) in [6.45, 7) is 0. The fraction of sp³-hybridized carbons (Fsp3) is 0.250. The van der Waals surface area contributed by atoms with Gasteiger partial charge in [-0.3, -0.25) is 0 Å². The van der Waals surface area contributed by atoms with E-state index in [4.69, 9.17) is 0 Å². The van der Waals surface area contributed by atoms with Gasteiger partial charge >= 0.3 is 0 Å². The number of thioether (sulfide) groups is 2. The maximum atomic E-state index is 3.51. The van der Waals surface area contributed by atoms with Gasteiger partial charge in [0.1, 0.15) is 0 Å². The molecule has 0 amide bonds. The summed E-state index contributed by atoms with van der Waals surface area (Å²) >= 11 is 10.5. The van der Waals surface area contributed by atoms with E-state index in [1.54, 1.807) is 23.5 Å². The lowest BCUT2D eigenvalue weighted by Gasteiger charge is -2.05. The lowest BCUT2D eigenvalue weighted by Crippen LogP contribution is -1.78. The minimum atomic E-state index is 1.15. The molecule has 0 aliphatic rings. The second-order valence-electron chi connectivity index (χ2n) is 2.12. The van der Waals surface area contributed by atoms with Gasteiger partial charge < -0.3 is 0 Å². The summed E-state index contributed by atoms with van der Waals surface area (Å²) in [5.74, 6) is 0. The normalized spacial score (nSPS) is 10.3. The fourth-order valence-corrected chi connectivity index (χ4v) is 3.84. The molecule has 0 radical (unpaired) electrons. The maximum absolute atomic E-state index is 3.51. The van der Waals surface area contributed by atoms with E-state index in [0.717, 1.165) is 8.95 Å². The molecule has 0 aromatic heterocycles. The molecule has 0 bridgehead atoms. The van der Waals surface area contributed by atoms with Crippen LogP contribution in [0.3, 0.4) is 0 Å². The lowest BCUT2D eigenvalue weighted by atomic mass is 10.4. The molecule has 1 aromatic rings. The zero-order valence-corrected chi connectivity index (χ0v) is 11.5. The van der Waals surface area contributed by atoms with Crippen molar-refractivity contribution < 1.29 is 0 Å². The first-order valence-electron chi connectivity index (χ1n) is 3.26. The van der Waals surface area contributed by atoms with E-state index in [9.17, 15) is 0 Å². The SMILES string of the molecule is CSc1cc(SC)c(Br)cc1Br. The topological polar surface area (TPSA) is 0 Å². The third-order valence-corrected chi connectivity index (χ3v) is 4.82. The number of rotatable bonds is 2. The van der Waals surface area contributed by atoms with Gasteiger partial charge in [-0.2, -0.15) is 0 Å². The zero-order valence-electron chi connectivity index (χ0n) is 6.73. The molecule has 12 heavy (non-hydrogen) atoms. The minimum Gasteiger partial charge on any atom is -0.128 e. The Kier molecular flexibility index (Phi) is 4.51. The molecule has 1 aromatic carbocycles. The van der Waals surface area contributed by atoms with Crippen molar-refractivity contribution in [3.63, 3.8) is 0 Å². The van der Waals surface area contributed by atoms with Gasteiger partial charge in [0.15, 0.2) is 0 Å². The van der Waals surface area contributed by atoms with Crippen LogP contribution >= 0.6 is 55.4 Å². The molecule has 0 fully saturated rings. The van der Waals surface area contributed by atoms with Crippen LogP contribution in [0.15, 0.2) is 30.9 Å². The summed E-state index contributed by atoms with van der Waals surface area (Å²) < 4.78 is 2.30. The van der Waals surface area contributed by atoms with Gasteiger partial charge in [-0.25, -0.2) is 0 Å². The summed E-state index contributed by atoms with van der Waals surface area (Å²) in [7, 11) is 0. The highest BCUT2D eigenvalue weighted by molar-refractivity contribution is 9.11. The molecule has 0 spiro atoms. The molecule has 0 heterocycles. The van der Waals surface area contributed by atoms with Crippen LogP contribution < -0.4 is 0 Å². The number of halogens is 2. The first-order valence-corrected chi connectivity index (χ1v) is 7.29. The third kappa shape index (κ3) is 2.44. The van der Waals surface area contributed by atoms with Crippen molar-refractivity contribution in [3.05, 3.63) is 21.1 Å². The molecule has 4 heteroatoms. The monoisotopic (exact) mass is 326 g/mol. The first-order chi connectivity index (χ1) is 5.69. The van der Waals surface area contributed by atoms with E-state index >= 15 is 0 Å². The lowest BCUT2D eigenvalue weighted by molar-refractivity contribution is 1.27. The van der Waals surface area contributed by atoms with Gasteiger partial charge in [-0.1, -0.05) is 0 Å². The van der Waals surface area contributed by atoms with Gasteiger partial charge in [0.05, 0.1) is 0 Å². The first kappa shape index (κ1) is 11.0. The second kappa shape index (κ2) is 4.94. The van der Waals surface area contributed by atoms with Crippen molar-refractivity contribution in [1.29, 1.82) is 0 Å². The Morgan fingerprint density at radius 1 is 0.917 bits per heavy atom. The van der Waals surface area contributed by atoms with Crippen molar-refractivity contribution in [1.82, 2.24) is 0 Å². The van der Waals surface area contributed by atoms with Crippen LogP contribution in [0.5, 0.6) is 0 Å². The molecule has 0 aliphatic carbocycles. The van der Waals surface area contributed by atoms with E-state index < -0.39 is 0 Å². The van der Waals surface area contributed by atoms with Crippen molar-refractivity contribution in [2.45, 2.75) is 9.79 Å². The molecule has 0 atom stereocenters. The quantitative estimate of drug-likeness (QED) is 0.725. The molecular formula is C8H8Br2S2. The van der Waals surface area contributed by atoms with E-state index in [1.807, 2.05) is 0 Å². The van der Waals surface area contributed by atoms with Gasteiger partial charge in [-0.05, 0) is 56.5 Å². The average Bonchev–Trinajstić information content (AvgIpc) is 2.05. The van der Waals surface area contributed by atoms with Crippen LogP contribution in [0.25, 0.3) is 0 Å². The molecule has 0 saturated carbocycles. The van der Waals surface area contributed by atoms with Crippen molar-refractivity contribution in [3.8, 4) is 0 Å². The van der Waals surface area contributed by atoms with Gasteiger partial charge in [0.25, 0.3) is 0 Å². The van der Waals surface area contributed by atoms with Crippen LogP contribution in [0.4, 0.5) is 0 Å². The standard InChI is InChI=1S/C8H8Br2S2/c1-11-7-4-8(12-2)6(10)3-5(7)9/h3-4H,1-2H3. The predicted molar refractivity (Wildman–Crippen MR) is 65.4 cm³/mol. The summed E-state index contributed by atoms with van der Waals surface area (Å²) in [5.41, 5.74) is 0. The van der Waals surface area contributed by atoms with E-state index in [-0.39, 0.29) is 0 Å². The smallest absolute Gasteiger partial charge is 0.0323 e. The predicted octanol–water partition coefficient (Wildman–Crippen LogP) is 4.66. The van der Waals surface area contributed by atoms with Gasteiger partial charge in [0, 0.05) is 18.7 Å². The zero-order chi connectivity index (χ0) is 9.14. The largest absolute Gasteiger partial charge is 0.128 e. The highest BCUT2D eigenvalue weighted by atomic mass is 79.9. The molecule has 1 rings (SSSR count). The van der Waals surface area contributed by atoms with Crippen molar-refractivity contribution in [2.24, 2.45) is 0 Å². The number of hydrogen-bond donors (Lipinski definition) is 0. The van der Waals surface area contributed by atoms with E-state index in [2.05, 4.69) is 56.5 Å². The Morgan fingerprint density at radius 3 is 1.67 bits per heavy atom. The Morgan fingerprint density at radius 2 is 1.33 bits per heavy atom. The van der Waals surface area contributed by atoms with Crippen molar-refractivity contribution in [2.75, 3.05) is 12.5 Å². The van der Waals surface area contributed by atoms with Crippen LogP contribution in [0, 0.1) is 0 Å². The highest BCUT2D eigenvalue weighted by Crippen LogP contribution is 2.35. The maximum Gasteiger partial charge on any atom is 0.0323 e. The van der Waals surface area contributed by atoms with Crippen LogP contribution in [-0.2, 0) is 0 Å². The summed E-state index contributed by atoms with van der Waals surface area (Å²) in [5, 5.41) is 0. The molecule has 0 aliphatic heterocycles. The van der Waals surface area contributed by atoms with E-state index in [1.165, 1.54) is 9.79 Å². The Hall–Kier alpha value is 0.880. The molecule has 0 unspecified atom stereocenters. The molecular weight excluding hydrogens is 320 g/mol. The van der Waals surface area contributed by atoms with Crippen LogP contribution in [0.1, 0.15) is 0 Å². The third-order valence-electron chi connectivity index (χ3n) is 1.43. The van der Waals surface area contributed by atoms with Crippen LogP contribution in [-0.4, -0.2) is 12.5 Å². The fourth-order valence-electron chi connectivity index (χ4n) is 0.823. The molecule has 0 N–H and O–H groups in total. The number of hydrogen-bond acceptors (Lipinski definition) is 2. The Balaban J connectivity index is 3.18. The summed E-state index contributed by atoms with van der Waals surface area (Å²) in [6, 6.07) is 4.28. The van der Waals surface area contributed by atoms with Gasteiger partial charge in [0.2, 0.25) is 0 Å². The minimum absolute atomic E-state index is 1.15. The summed E-state index contributed by atoms with van der Waals surface area (Å²) in [6.07, 6.45) is 4.16. The Labute approximate surface area is 98.1 Å². The highest BCUT2D eigenvalue weighted by Gasteiger charge is 2.04. The van der Waals surface area contributed by atoms with Gasteiger partial charge in [-0.15, -0.1) is 23.5 Å². The second-order valence-corrected chi connectivity index (χ2v) is 5.53. The molecule has 0 nitrogen and oxygen atoms in total. The van der Waals surface area contributed by atoms with Crippen molar-refractivity contribution >= 4 is 55.4 Å². The summed E-state index contributed by atoms with van der Waals surface area (Å²) in [4.78, 5) is 2.56. The number of benzene rings is 1. The molecule has 66 valence electrons. The average molecular weight is 328 g/mol. The molecule has 0 saturated heterocycles. The van der Waals surface area contributed by atoms with E-state index in [0.29, 0.717) is 0 Å². The Bertz CT molecular complexity index is 261.